The van der Waals surface area contributed by atoms with E-state index in [4.69, 9.17) is 9.47 Å². The van der Waals surface area contributed by atoms with Crippen molar-refractivity contribution in [3.8, 4) is 0 Å². The summed E-state index contributed by atoms with van der Waals surface area (Å²) in [4.78, 5) is 64.1. The highest BCUT2D eigenvalue weighted by molar-refractivity contribution is 8.13. The van der Waals surface area contributed by atoms with Crippen LogP contribution < -0.4 is 21.3 Å². The topological polar surface area (TPSA) is 152 Å². The van der Waals surface area contributed by atoms with Gasteiger partial charge in [0.05, 0.1) is 19.8 Å². The first-order valence-electron chi connectivity index (χ1n) is 13.4. The van der Waals surface area contributed by atoms with Gasteiger partial charge in [-0.25, -0.2) is 0 Å². The van der Waals surface area contributed by atoms with Gasteiger partial charge in [0.2, 0.25) is 28.7 Å². The molecule has 4 N–H and O–H groups in total. The minimum Gasteiger partial charge on any atom is -0.377 e. The Bertz CT molecular complexity index is 1170. The van der Waals surface area contributed by atoms with Crippen LogP contribution in [0.3, 0.4) is 0 Å². The maximum Gasteiger partial charge on any atom is 0.246 e. The summed E-state index contributed by atoms with van der Waals surface area (Å²) in [6.45, 7) is 1.71. The molecule has 0 radical (unpaired) electrons. The van der Waals surface area contributed by atoms with Crippen LogP contribution in [0, 0.1) is 0 Å². The number of hydrogen-bond donors (Lipinski definition) is 4. The lowest BCUT2D eigenvalue weighted by atomic mass is 10.0. The number of carbonyl (C=O) groups is 5. The molecular weight excluding hydrogens is 548 g/mol. The molecule has 11 nitrogen and oxygen atoms in total. The van der Waals surface area contributed by atoms with Crippen LogP contribution in [0.4, 0.5) is 0 Å². The Kier molecular flexibility index (Phi) is 13.3. The molecule has 0 aliphatic carbocycles. The van der Waals surface area contributed by atoms with E-state index in [1.54, 1.807) is 0 Å². The molecule has 1 fully saturated rings. The molecule has 0 unspecified atom stereocenters. The summed E-state index contributed by atoms with van der Waals surface area (Å²) in [5, 5.41) is 10.4. The lowest BCUT2D eigenvalue weighted by Gasteiger charge is -2.24. The molecule has 4 amide bonds. The second-order valence-electron chi connectivity index (χ2n) is 9.40. The van der Waals surface area contributed by atoms with Crippen LogP contribution in [0.5, 0.6) is 0 Å². The van der Waals surface area contributed by atoms with E-state index < -0.39 is 41.8 Å². The van der Waals surface area contributed by atoms with E-state index in [9.17, 15) is 24.0 Å². The first-order chi connectivity index (χ1) is 19.8. The molecule has 3 rings (SSSR count). The maximum atomic E-state index is 13.5. The van der Waals surface area contributed by atoms with E-state index in [-0.39, 0.29) is 56.7 Å². The fourth-order valence-corrected chi connectivity index (χ4v) is 4.97. The van der Waals surface area contributed by atoms with Crippen molar-refractivity contribution in [1.82, 2.24) is 21.3 Å². The molecule has 2 aromatic rings. The Morgan fingerprint density at radius 1 is 0.829 bits per heavy atom. The molecule has 41 heavy (non-hydrogen) atoms. The van der Waals surface area contributed by atoms with Crippen LogP contribution in [0.15, 0.2) is 60.7 Å². The van der Waals surface area contributed by atoms with Crippen molar-refractivity contribution in [2.75, 3.05) is 38.7 Å². The fraction of sp³-hybridized carbons (Fsp3) is 0.414. The van der Waals surface area contributed by atoms with Gasteiger partial charge in [0.15, 0.2) is 0 Å². The number of hydrogen-bond acceptors (Lipinski definition) is 8. The van der Waals surface area contributed by atoms with Gasteiger partial charge in [-0.1, -0.05) is 72.4 Å². The van der Waals surface area contributed by atoms with Crippen molar-refractivity contribution in [2.24, 2.45) is 0 Å². The van der Waals surface area contributed by atoms with Crippen molar-refractivity contribution in [1.29, 1.82) is 0 Å². The Labute approximate surface area is 243 Å². The number of ether oxygens (including phenoxy) is 2. The zero-order valence-corrected chi connectivity index (χ0v) is 23.7. The van der Waals surface area contributed by atoms with Crippen molar-refractivity contribution >= 4 is 40.5 Å². The van der Waals surface area contributed by atoms with E-state index in [1.165, 1.54) is 6.92 Å². The molecule has 1 saturated heterocycles. The van der Waals surface area contributed by atoms with Gasteiger partial charge in [-0.05, 0) is 11.1 Å². The molecule has 220 valence electrons. The van der Waals surface area contributed by atoms with Gasteiger partial charge in [0.25, 0.3) is 0 Å². The molecule has 3 atom stereocenters. The number of benzene rings is 2. The highest BCUT2D eigenvalue weighted by Gasteiger charge is 2.29. The summed E-state index contributed by atoms with van der Waals surface area (Å²) < 4.78 is 10.8. The Hall–Kier alpha value is -3.74. The van der Waals surface area contributed by atoms with Crippen LogP contribution in [0.2, 0.25) is 0 Å². The number of amides is 4. The van der Waals surface area contributed by atoms with Crippen LogP contribution >= 0.6 is 11.8 Å². The SMILES string of the molecule is CC(=O)N[C@H]1CSC(=O)[C@H](Cc2ccccc2)NC(=O)[C@H](Cc2ccccc2)NC(=O)COCCOCCNC1=O. The third kappa shape index (κ3) is 11.7. The second-order valence-corrected chi connectivity index (χ2v) is 10.4. The van der Waals surface area contributed by atoms with Gasteiger partial charge in [-0.2, -0.15) is 0 Å². The third-order valence-electron chi connectivity index (χ3n) is 6.06. The third-order valence-corrected chi connectivity index (χ3v) is 7.12. The van der Waals surface area contributed by atoms with E-state index in [0.717, 1.165) is 22.9 Å². The molecular formula is C29H36N4O7S. The molecule has 2 aromatic carbocycles. The predicted molar refractivity (Wildman–Crippen MR) is 154 cm³/mol. The predicted octanol–water partition coefficient (Wildman–Crippen LogP) is 0.369. The maximum absolute atomic E-state index is 13.5. The smallest absolute Gasteiger partial charge is 0.246 e. The molecule has 1 aliphatic heterocycles. The fourth-order valence-electron chi connectivity index (χ4n) is 4.06. The summed E-state index contributed by atoms with van der Waals surface area (Å²) in [5.74, 6) is -1.93. The van der Waals surface area contributed by atoms with Crippen molar-refractivity contribution in [2.45, 2.75) is 37.9 Å². The largest absolute Gasteiger partial charge is 0.377 e. The van der Waals surface area contributed by atoms with Gasteiger partial charge in [0.1, 0.15) is 24.7 Å². The van der Waals surface area contributed by atoms with Crippen LogP contribution in [-0.2, 0) is 46.3 Å². The van der Waals surface area contributed by atoms with E-state index in [0.29, 0.717) is 0 Å². The van der Waals surface area contributed by atoms with Gasteiger partial charge in [0, 0.05) is 32.1 Å². The van der Waals surface area contributed by atoms with Crippen molar-refractivity contribution < 1.29 is 33.4 Å². The average Bonchev–Trinajstić information content (AvgIpc) is 2.96. The zero-order valence-electron chi connectivity index (χ0n) is 22.9. The molecule has 0 saturated carbocycles. The summed E-state index contributed by atoms with van der Waals surface area (Å²) >= 11 is 0.844. The van der Waals surface area contributed by atoms with E-state index in [2.05, 4.69) is 21.3 Å². The van der Waals surface area contributed by atoms with Crippen LogP contribution in [0.25, 0.3) is 0 Å². The summed E-state index contributed by atoms with van der Waals surface area (Å²) in [7, 11) is 0. The zero-order chi connectivity index (χ0) is 29.5. The Morgan fingerprint density at radius 2 is 1.44 bits per heavy atom. The Balaban J connectivity index is 1.84. The van der Waals surface area contributed by atoms with Gasteiger partial charge < -0.3 is 30.7 Å². The van der Waals surface area contributed by atoms with Crippen molar-refractivity contribution in [3.05, 3.63) is 71.8 Å². The molecule has 0 aromatic heterocycles. The minimum atomic E-state index is -0.971. The van der Waals surface area contributed by atoms with Gasteiger partial charge >= 0.3 is 0 Å². The average molecular weight is 585 g/mol. The minimum absolute atomic E-state index is 0.0374. The van der Waals surface area contributed by atoms with Gasteiger partial charge in [-0.3, -0.25) is 24.0 Å². The summed E-state index contributed by atoms with van der Waals surface area (Å²) in [5.41, 5.74) is 1.64. The quantitative estimate of drug-likeness (QED) is 0.394. The monoisotopic (exact) mass is 584 g/mol. The second kappa shape index (κ2) is 17.2. The summed E-state index contributed by atoms with van der Waals surface area (Å²) in [6.07, 6.45) is 0.396. The first-order valence-corrected chi connectivity index (χ1v) is 14.3. The molecule has 0 bridgehead atoms. The van der Waals surface area contributed by atoms with Crippen LogP contribution in [0.1, 0.15) is 18.1 Å². The Morgan fingerprint density at radius 3 is 2.07 bits per heavy atom. The highest BCUT2D eigenvalue weighted by Crippen LogP contribution is 2.14. The standard InChI is InChI=1S/C29H36N4O7S/c1-20(34)31-25-19-41-29(38)24(17-22-10-6-3-7-11-22)33-28(37)23(16-21-8-4-2-5-9-21)32-26(35)18-40-15-14-39-13-12-30-27(25)36/h2-11,23-25H,12-19H2,1H3,(H,30,36)(H,31,34)(H,32,35)(H,33,37)/t23-,24-,25-/m0/s1. The molecule has 1 aliphatic rings. The summed E-state index contributed by atoms with van der Waals surface area (Å²) in [6, 6.07) is 15.5. The van der Waals surface area contributed by atoms with Gasteiger partial charge in [-0.15, -0.1) is 0 Å². The lowest BCUT2D eigenvalue weighted by Crippen LogP contribution is -2.53. The lowest BCUT2D eigenvalue weighted by molar-refractivity contribution is -0.132. The number of nitrogens with one attached hydrogen (secondary N) is 4. The van der Waals surface area contributed by atoms with Crippen molar-refractivity contribution in [3.63, 3.8) is 0 Å². The normalized spacial score (nSPS) is 22.2. The molecule has 12 heteroatoms. The number of rotatable bonds is 5. The van der Waals surface area contributed by atoms with E-state index >= 15 is 0 Å². The number of thioether (sulfide) groups is 1. The van der Waals surface area contributed by atoms with E-state index in [1.807, 2.05) is 60.7 Å². The molecule has 1 heterocycles. The highest BCUT2D eigenvalue weighted by atomic mass is 32.2. The number of carbonyl (C=O) groups excluding carboxylic acids is 5. The van der Waals surface area contributed by atoms with Crippen LogP contribution in [-0.4, -0.2) is 85.6 Å². The first kappa shape index (κ1) is 31.8. The molecule has 0 spiro atoms.